The Morgan fingerprint density at radius 3 is 1.00 bits per heavy atom. The van der Waals surface area contributed by atoms with E-state index in [1.54, 1.807) is 44.0 Å². The molecule has 2 rings (SSSR count). The molecule has 0 fully saturated rings. The molecular formula is C38H63P. The van der Waals surface area contributed by atoms with Crippen molar-refractivity contribution in [2.45, 2.75) is 164 Å². The standard InChI is InChI=1S/C38H63P/c1-8-15-21-31-27-29-37(35(25-19-12-5)33(31)23-17-10-3)39(14-7)38-30-28-32(22-16-9-2)34(24-18-11-4)36(38)26-20-13-6/h27-30H,8-26H2,1-7H3. The van der Waals surface area contributed by atoms with Gasteiger partial charge in [0.2, 0.25) is 0 Å². The minimum Gasteiger partial charge on any atom is -0.0654 e. The van der Waals surface area contributed by atoms with Gasteiger partial charge in [-0.25, -0.2) is 0 Å². The van der Waals surface area contributed by atoms with Crippen molar-refractivity contribution in [3.8, 4) is 0 Å². The molecule has 0 atom stereocenters. The van der Waals surface area contributed by atoms with E-state index < -0.39 is 0 Å². The highest BCUT2D eigenvalue weighted by Gasteiger charge is 2.24. The van der Waals surface area contributed by atoms with Gasteiger partial charge < -0.3 is 0 Å². The van der Waals surface area contributed by atoms with Gasteiger partial charge in [-0.2, -0.15) is 0 Å². The van der Waals surface area contributed by atoms with Crippen LogP contribution in [0.15, 0.2) is 24.3 Å². The van der Waals surface area contributed by atoms with Crippen LogP contribution in [0.2, 0.25) is 0 Å². The lowest BCUT2D eigenvalue weighted by atomic mass is 9.90. The van der Waals surface area contributed by atoms with Crippen molar-refractivity contribution in [1.82, 2.24) is 0 Å². The van der Waals surface area contributed by atoms with E-state index >= 15 is 0 Å². The van der Waals surface area contributed by atoms with Crippen molar-refractivity contribution < 1.29 is 0 Å². The molecule has 0 N–H and O–H groups in total. The second kappa shape index (κ2) is 19.9. The van der Waals surface area contributed by atoms with Gasteiger partial charge in [0.25, 0.3) is 0 Å². The largest absolute Gasteiger partial charge is 0.0654 e. The summed E-state index contributed by atoms with van der Waals surface area (Å²) in [6.07, 6.45) is 24.5. The highest BCUT2D eigenvalue weighted by Crippen LogP contribution is 2.40. The van der Waals surface area contributed by atoms with Gasteiger partial charge in [-0.3, -0.25) is 0 Å². The molecule has 0 saturated carbocycles. The molecule has 0 heterocycles. The van der Waals surface area contributed by atoms with E-state index in [9.17, 15) is 0 Å². The van der Waals surface area contributed by atoms with Gasteiger partial charge in [0.15, 0.2) is 0 Å². The second-order valence-corrected chi connectivity index (χ2v) is 14.2. The van der Waals surface area contributed by atoms with Crippen molar-refractivity contribution in [3.05, 3.63) is 57.6 Å². The van der Waals surface area contributed by atoms with Gasteiger partial charge in [0.1, 0.15) is 0 Å². The van der Waals surface area contributed by atoms with Gasteiger partial charge in [0, 0.05) is 0 Å². The van der Waals surface area contributed by atoms with Crippen molar-refractivity contribution in [3.63, 3.8) is 0 Å². The quantitative estimate of drug-likeness (QED) is 0.136. The topological polar surface area (TPSA) is 0 Å². The fourth-order valence-electron chi connectivity index (χ4n) is 6.23. The van der Waals surface area contributed by atoms with Crippen LogP contribution in [-0.2, 0) is 38.5 Å². The van der Waals surface area contributed by atoms with Crippen LogP contribution in [0.25, 0.3) is 0 Å². The van der Waals surface area contributed by atoms with Gasteiger partial charge in [-0.15, -0.1) is 0 Å². The molecule has 0 aromatic heterocycles. The van der Waals surface area contributed by atoms with Crippen LogP contribution in [0.1, 0.15) is 159 Å². The fourth-order valence-corrected chi connectivity index (χ4v) is 8.83. The minimum atomic E-state index is -0.336. The Hall–Kier alpha value is -1.13. The van der Waals surface area contributed by atoms with Crippen molar-refractivity contribution in [1.29, 1.82) is 0 Å². The Labute approximate surface area is 245 Å². The minimum absolute atomic E-state index is 0.336. The smallest absolute Gasteiger partial charge is 0.0160 e. The van der Waals surface area contributed by atoms with Gasteiger partial charge in [0.05, 0.1) is 0 Å². The summed E-state index contributed by atoms with van der Waals surface area (Å²) in [5.41, 5.74) is 10.3. The summed E-state index contributed by atoms with van der Waals surface area (Å²) in [6.45, 7) is 16.6. The lowest BCUT2D eigenvalue weighted by molar-refractivity contribution is 0.736. The molecular weight excluding hydrogens is 487 g/mol. The Bertz CT molecular complexity index is 865. The molecule has 39 heavy (non-hydrogen) atoms. The molecule has 220 valence electrons. The fraction of sp³-hybridized carbons (Fsp3) is 0.684. The summed E-state index contributed by atoms with van der Waals surface area (Å²) in [5.74, 6) is 0. The average Bonchev–Trinajstić information content (AvgIpc) is 2.96. The first-order valence-electron chi connectivity index (χ1n) is 17.2. The van der Waals surface area contributed by atoms with Gasteiger partial charge in [-0.05, 0) is 135 Å². The molecule has 0 nitrogen and oxygen atoms in total. The Morgan fingerprint density at radius 2 is 0.692 bits per heavy atom. The second-order valence-electron chi connectivity index (χ2n) is 11.8. The molecule has 0 aliphatic carbocycles. The third kappa shape index (κ3) is 10.0. The molecule has 1 heteroatoms. The number of unbranched alkanes of at least 4 members (excludes halogenated alkanes) is 6. The first kappa shape index (κ1) is 34.1. The Balaban J connectivity index is 2.76. The van der Waals surface area contributed by atoms with Crippen LogP contribution >= 0.6 is 7.92 Å². The van der Waals surface area contributed by atoms with Crippen LogP contribution < -0.4 is 10.6 Å². The third-order valence-corrected chi connectivity index (χ3v) is 11.3. The number of rotatable bonds is 21. The summed E-state index contributed by atoms with van der Waals surface area (Å²) in [6, 6.07) is 10.4. The predicted molar refractivity (Wildman–Crippen MR) is 181 cm³/mol. The molecule has 0 amide bonds. The van der Waals surface area contributed by atoms with E-state index in [0.717, 1.165) is 0 Å². The van der Waals surface area contributed by atoms with Crippen LogP contribution in [0.4, 0.5) is 0 Å². The summed E-state index contributed by atoms with van der Waals surface area (Å²) < 4.78 is 0. The number of benzene rings is 2. The Kier molecular flexibility index (Phi) is 17.4. The summed E-state index contributed by atoms with van der Waals surface area (Å²) in [7, 11) is -0.336. The molecule has 0 spiro atoms. The lowest BCUT2D eigenvalue weighted by Gasteiger charge is -2.28. The highest BCUT2D eigenvalue weighted by atomic mass is 31.1. The summed E-state index contributed by atoms with van der Waals surface area (Å²) in [5, 5.41) is 3.46. The zero-order chi connectivity index (χ0) is 28.5. The van der Waals surface area contributed by atoms with E-state index in [1.165, 1.54) is 122 Å². The van der Waals surface area contributed by atoms with Crippen LogP contribution in [0.5, 0.6) is 0 Å². The molecule has 0 radical (unpaired) electrons. The molecule has 0 aliphatic rings. The maximum atomic E-state index is 2.61. The van der Waals surface area contributed by atoms with E-state index in [-0.39, 0.29) is 7.92 Å². The first-order chi connectivity index (χ1) is 19.1. The van der Waals surface area contributed by atoms with Crippen LogP contribution in [0, 0.1) is 0 Å². The van der Waals surface area contributed by atoms with Crippen molar-refractivity contribution >= 4 is 18.5 Å². The number of aryl methyl sites for hydroxylation is 2. The van der Waals surface area contributed by atoms with E-state index in [2.05, 4.69) is 72.7 Å². The Morgan fingerprint density at radius 1 is 0.385 bits per heavy atom. The zero-order valence-electron chi connectivity index (χ0n) is 27.2. The van der Waals surface area contributed by atoms with Crippen LogP contribution in [0.3, 0.4) is 0 Å². The van der Waals surface area contributed by atoms with Crippen molar-refractivity contribution in [2.75, 3.05) is 6.16 Å². The predicted octanol–water partition coefficient (Wildman–Crippen LogP) is 11.2. The summed E-state index contributed by atoms with van der Waals surface area (Å²) in [4.78, 5) is 0. The third-order valence-electron chi connectivity index (χ3n) is 8.63. The highest BCUT2D eigenvalue weighted by molar-refractivity contribution is 7.73. The lowest BCUT2D eigenvalue weighted by Crippen LogP contribution is -2.24. The monoisotopic (exact) mass is 550 g/mol. The van der Waals surface area contributed by atoms with Crippen LogP contribution in [-0.4, -0.2) is 6.16 Å². The van der Waals surface area contributed by atoms with E-state index in [4.69, 9.17) is 0 Å². The van der Waals surface area contributed by atoms with Crippen molar-refractivity contribution in [2.24, 2.45) is 0 Å². The number of hydrogen-bond donors (Lipinski definition) is 0. The molecule has 2 aromatic carbocycles. The molecule has 0 unspecified atom stereocenters. The maximum absolute atomic E-state index is 2.61. The summed E-state index contributed by atoms with van der Waals surface area (Å²) >= 11 is 0. The molecule has 0 saturated heterocycles. The van der Waals surface area contributed by atoms with Gasteiger partial charge in [-0.1, -0.05) is 111 Å². The molecule has 0 bridgehead atoms. The SMILES string of the molecule is CCCCc1ccc(P(CC)c2ccc(CCCC)c(CCCC)c2CCCC)c(CCCC)c1CCCC. The normalized spacial score (nSPS) is 11.6. The molecule has 0 aliphatic heterocycles. The number of hydrogen-bond acceptors (Lipinski definition) is 0. The zero-order valence-corrected chi connectivity index (χ0v) is 28.1. The van der Waals surface area contributed by atoms with E-state index in [0.29, 0.717) is 0 Å². The van der Waals surface area contributed by atoms with E-state index in [1.807, 2.05) is 0 Å². The van der Waals surface area contributed by atoms with Gasteiger partial charge >= 0.3 is 0 Å². The first-order valence-corrected chi connectivity index (χ1v) is 18.7. The maximum Gasteiger partial charge on any atom is -0.0160 e. The average molecular weight is 551 g/mol. The molecule has 2 aromatic rings.